The first-order chi connectivity index (χ1) is 14.2. The molecular formula is C21H19N5O2S. The molecule has 7 nitrogen and oxygen atoms in total. The number of hydrogen-bond acceptors (Lipinski definition) is 6. The van der Waals surface area contributed by atoms with Crippen molar-refractivity contribution in [3.8, 4) is 17.0 Å². The van der Waals surface area contributed by atoms with Crippen LogP contribution >= 0.6 is 11.3 Å². The number of benzene rings is 1. The van der Waals surface area contributed by atoms with Crippen LogP contribution in [0.4, 0.5) is 5.69 Å². The molecule has 0 fully saturated rings. The summed E-state index contributed by atoms with van der Waals surface area (Å²) >= 11 is 1.49. The van der Waals surface area contributed by atoms with Crippen LogP contribution in [0, 0.1) is 0 Å². The van der Waals surface area contributed by atoms with Crippen molar-refractivity contribution in [2.24, 2.45) is 10.1 Å². The lowest BCUT2D eigenvalue weighted by atomic mass is 10.1. The van der Waals surface area contributed by atoms with Crippen LogP contribution in [0.2, 0.25) is 0 Å². The van der Waals surface area contributed by atoms with Crippen LogP contribution in [0.15, 0.2) is 70.7 Å². The van der Waals surface area contributed by atoms with Crippen molar-refractivity contribution in [1.29, 1.82) is 0 Å². The minimum Gasteiger partial charge on any atom is -0.482 e. The Bertz CT molecular complexity index is 1160. The highest BCUT2D eigenvalue weighted by atomic mass is 32.1. The first kappa shape index (κ1) is 18.8. The third-order valence-electron chi connectivity index (χ3n) is 4.23. The molecule has 2 aromatic heterocycles. The molecule has 1 aliphatic rings. The van der Waals surface area contributed by atoms with Gasteiger partial charge in [0.2, 0.25) is 4.80 Å². The fourth-order valence-corrected chi connectivity index (χ4v) is 3.71. The Labute approximate surface area is 171 Å². The van der Waals surface area contributed by atoms with Crippen molar-refractivity contribution in [2.75, 3.05) is 18.5 Å². The van der Waals surface area contributed by atoms with E-state index in [0.29, 0.717) is 18.0 Å². The third-order valence-corrected chi connectivity index (χ3v) is 5.09. The summed E-state index contributed by atoms with van der Waals surface area (Å²) in [5, 5.41) is 9.62. The molecule has 0 atom stereocenters. The lowest BCUT2D eigenvalue weighted by Gasteiger charge is -2.18. The highest BCUT2D eigenvalue weighted by Gasteiger charge is 2.18. The molecule has 4 rings (SSSR count). The summed E-state index contributed by atoms with van der Waals surface area (Å²) in [5.74, 6) is 0.485. The van der Waals surface area contributed by atoms with Crippen LogP contribution in [0.3, 0.4) is 0 Å². The molecule has 1 aromatic carbocycles. The number of rotatable bonds is 5. The van der Waals surface area contributed by atoms with Gasteiger partial charge in [-0.1, -0.05) is 12.1 Å². The minimum atomic E-state index is -0.168. The van der Waals surface area contributed by atoms with Crippen LogP contribution in [0.25, 0.3) is 11.3 Å². The van der Waals surface area contributed by atoms with Gasteiger partial charge in [0, 0.05) is 17.1 Å². The Balaban J connectivity index is 1.83. The van der Waals surface area contributed by atoms with Crippen LogP contribution in [-0.4, -0.2) is 34.4 Å². The van der Waals surface area contributed by atoms with Crippen molar-refractivity contribution in [1.82, 2.24) is 9.66 Å². The molecule has 1 aliphatic heterocycles. The third kappa shape index (κ3) is 4.02. The number of carbonyl (C=O) groups is 1. The molecule has 1 N–H and O–H groups in total. The monoisotopic (exact) mass is 405 g/mol. The van der Waals surface area contributed by atoms with Gasteiger partial charge in [0.15, 0.2) is 6.61 Å². The number of ether oxygens (including phenoxy) is 1. The fraction of sp³-hybridized carbons (Fsp3) is 0.143. The maximum atomic E-state index is 11.7. The van der Waals surface area contributed by atoms with Gasteiger partial charge in [0.1, 0.15) is 5.75 Å². The molecule has 0 unspecified atom stereocenters. The van der Waals surface area contributed by atoms with Crippen molar-refractivity contribution >= 4 is 28.6 Å². The second-order valence-corrected chi connectivity index (χ2v) is 7.13. The minimum absolute atomic E-state index is 0.0307. The summed E-state index contributed by atoms with van der Waals surface area (Å²) in [6, 6.07) is 11.4. The van der Waals surface area contributed by atoms with Crippen molar-refractivity contribution in [3.63, 3.8) is 0 Å². The first-order valence-electron chi connectivity index (χ1n) is 9.01. The zero-order valence-corrected chi connectivity index (χ0v) is 16.6. The second-order valence-electron chi connectivity index (χ2n) is 6.29. The van der Waals surface area contributed by atoms with E-state index in [1.54, 1.807) is 16.9 Å². The van der Waals surface area contributed by atoms with E-state index in [-0.39, 0.29) is 12.5 Å². The number of aromatic nitrogens is 2. The number of nitrogens with zero attached hydrogens (tertiary/aromatic N) is 4. The number of thiazole rings is 1. The maximum Gasteiger partial charge on any atom is 0.262 e. The van der Waals surface area contributed by atoms with E-state index in [1.165, 1.54) is 11.3 Å². The molecule has 0 saturated carbocycles. The lowest BCUT2D eigenvalue weighted by molar-refractivity contribution is -0.118. The predicted octanol–water partition coefficient (Wildman–Crippen LogP) is 3.30. The normalized spacial score (nSPS) is 14.2. The smallest absolute Gasteiger partial charge is 0.262 e. The van der Waals surface area contributed by atoms with Crippen molar-refractivity contribution < 1.29 is 9.53 Å². The standard InChI is InChI=1S/C21H19N5O2S/c1-3-9-23-21-26(25-14(2)16-6-4-5-10-22-16)18(13-29-21)15-7-8-19-17(11-15)24-20(27)12-28-19/h3-8,10-11,13H,1,9,12H2,2H3,(H,24,27)/b23-21?,25-14+. The fourth-order valence-electron chi connectivity index (χ4n) is 2.87. The average Bonchev–Trinajstić information content (AvgIpc) is 3.14. The topological polar surface area (TPSA) is 80.9 Å². The van der Waals surface area contributed by atoms with Gasteiger partial charge < -0.3 is 10.1 Å². The van der Waals surface area contributed by atoms with Gasteiger partial charge in [0.05, 0.1) is 29.3 Å². The van der Waals surface area contributed by atoms with E-state index >= 15 is 0 Å². The van der Waals surface area contributed by atoms with E-state index in [1.807, 2.05) is 48.7 Å². The van der Waals surface area contributed by atoms with Crippen LogP contribution in [-0.2, 0) is 4.79 Å². The van der Waals surface area contributed by atoms with E-state index in [2.05, 4.69) is 21.9 Å². The summed E-state index contributed by atoms with van der Waals surface area (Å²) in [7, 11) is 0. The van der Waals surface area contributed by atoms with Crippen molar-refractivity contribution in [3.05, 3.63) is 71.1 Å². The number of nitrogens with one attached hydrogen (secondary N) is 1. The Morgan fingerprint density at radius 1 is 1.41 bits per heavy atom. The van der Waals surface area contributed by atoms with E-state index < -0.39 is 0 Å². The summed E-state index contributed by atoms with van der Waals surface area (Å²) in [5.41, 5.74) is 3.95. The van der Waals surface area contributed by atoms with Crippen LogP contribution in [0.5, 0.6) is 5.75 Å². The quantitative estimate of drug-likeness (QED) is 0.522. The maximum absolute atomic E-state index is 11.7. The van der Waals surface area contributed by atoms with Gasteiger partial charge in [-0.05, 0) is 37.3 Å². The first-order valence-corrected chi connectivity index (χ1v) is 9.89. The average molecular weight is 405 g/mol. The number of hydrogen-bond donors (Lipinski definition) is 1. The highest BCUT2D eigenvalue weighted by Crippen LogP contribution is 2.32. The number of amides is 1. The SMILES string of the molecule is C=CCN=c1scc(-c2ccc3c(c2)NC(=O)CO3)n1/N=C(\C)c1ccccn1. The number of carbonyl (C=O) groups excluding carboxylic acids is 1. The zero-order chi connectivity index (χ0) is 20.2. The zero-order valence-electron chi connectivity index (χ0n) is 15.8. The summed E-state index contributed by atoms with van der Waals surface area (Å²) in [6.45, 7) is 6.17. The predicted molar refractivity (Wildman–Crippen MR) is 114 cm³/mol. The lowest BCUT2D eigenvalue weighted by Crippen LogP contribution is -2.25. The molecule has 0 aliphatic carbocycles. The molecule has 3 aromatic rings. The molecule has 0 saturated heterocycles. The molecule has 3 heterocycles. The molecule has 0 spiro atoms. The summed E-state index contributed by atoms with van der Waals surface area (Å²) in [4.78, 5) is 21.3. The van der Waals surface area contributed by atoms with Gasteiger partial charge in [-0.25, -0.2) is 4.68 Å². The summed E-state index contributed by atoms with van der Waals surface area (Å²) < 4.78 is 7.25. The molecule has 0 radical (unpaired) electrons. The van der Waals surface area contributed by atoms with Crippen molar-refractivity contribution in [2.45, 2.75) is 6.92 Å². The highest BCUT2D eigenvalue weighted by molar-refractivity contribution is 7.07. The largest absolute Gasteiger partial charge is 0.482 e. The molecule has 29 heavy (non-hydrogen) atoms. The van der Waals surface area contributed by atoms with Gasteiger partial charge >= 0.3 is 0 Å². The molecule has 146 valence electrons. The second kappa shape index (κ2) is 8.24. The van der Waals surface area contributed by atoms with E-state index in [9.17, 15) is 4.79 Å². The molecule has 1 amide bonds. The van der Waals surface area contributed by atoms with Crippen LogP contribution in [0.1, 0.15) is 12.6 Å². The number of anilines is 1. The Morgan fingerprint density at radius 3 is 3.10 bits per heavy atom. The number of pyridine rings is 1. The van der Waals surface area contributed by atoms with E-state index in [4.69, 9.17) is 9.84 Å². The van der Waals surface area contributed by atoms with Gasteiger partial charge in [-0.3, -0.25) is 14.8 Å². The number of fused-ring (bicyclic) bond motifs is 1. The Hall–Kier alpha value is -3.52. The molecule has 0 bridgehead atoms. The molecular weight excluding hydrogens is 386 g/mol. The van der Waals surface area contributed by atoms with Gasteiger partial charge in [0.25, 0.3) is 5.91 Å². The van der Waals surface area contributed by atoms with Crippen LogP contribution < -0.4 is 14.9 Å². The Kier molecular flexibility index (Phi) is 5.35. The van der Waals surface area contributed by atoms with Gasteiger partial charge in [-0.2, -0.15) is 5.10 Å². The van der Waals surface area contributed by atoms with Gasteiger partial charge in [-0.15, -0.1) is 17.9 Å². The molecule has 8 heteroatoms. The Morgan fingerprint density at radius 2 is 2.31 bits per heavy atom. The van der Waals surface area contributed by atoms with E-state index in [0.717, 1.165) is 27.5 Å². The summed E-state index contributed by atoms with van der Waals surface area (Å²) in [6.07, 6.45) is 3.48.